The fraction of sp³-hybridized carbons (Fsp3) is 0.125. The average Bonchev–Trinajstić information content (AvgIpc) is 2.45. The lowest BCUT2D eigenvalue weighted by Crippen LogP contribution is -2.30. The van der Waals surface area contributed by atoms with Gasteiger partial charge in [0.1, 0.15) is 5.82 Å². The van der Waals surface area contributed by atoms with Crippen LogP contribution < -0.4 is 0 Å². The molecule has 102 valence electrons. The number of rotatable bonds is 3. The Morgan fingerprint density at radius 1 is 1.00 bits per heavy atom. The summed E-state index contributed by atoms with van der Waals surface area (Å²) in [4.78, 5) is 18.4. The molecule has 0 saturated carbocycles. The fourth-order valence-corrected chi connectivity index (χ4v) is 1.71. The van der Waals surface area contributed by atoms with Crippen molar-refractivity contribution in [2.24, 2.45) is 4.99 Å². The Balaban J connectivity index is 2.36. The normalized spacial score (nSPS) is 11.2. The standard InChI is InChI=1S/C16H15FN2O/c1-19(2)16(18-14-6-4-3-5-7-14)15(20)12-8-10-13(17)11-9-12/h3-11H,1-2H3. The van der Waals surface area contributed by atoms with E-state index >= 15 is 0 Å². The number of aliphatic imine (C=N–C) groups is 1. The molecule has 0 amide bonds. The van der Waals surface area contributed by atoms with Crippen LogP contribution in [0.2, 0.25) is 0 Å². The first-order valence-corrected chi connectivity index (χ1v) is 6.19. The Morgan fingerprint density at radius 3 is 2.15 bits per heavy atom. The number of carbonyl (C=O) groups is 1. The number of halogens is 1. The van der Waals surface area contributed by atoms with Crippen LogP contribution in [-0.2, 0) is 0 Å². The van der Waals surface area contributed by atoms with Crippen LogP contribution in [0.25, 0.3) is 0 Å². The zero-order valence-electron chi connectivity index (χ0n) is 11.4. The van der Waals surface area contributed by atoms with Gasteiger partial charge in [0.2, 0.25) is 5.78 Å². The summed E-state index contributed by atoms with van der Waals surface area (Å²) < 4.78 is 12.9. The molecular formula is C16H15FN2O. The van der Waals surface area contributed by atoms with Gasteiger partial charge in [-0.3, -0.25) is 4.79 Å². The SMILES string of the molecule is CN(C)C(=Nc1ccccc1)C(=O)c1ccc(F)cc1. The highest BCUT2D eigenvalue weighted by Gasteiger charge is 2.16. The molecule has 3 nitrogen and oxygen atoms in total. The molecule has 0 bridgehead atoms. The summed E-state index contributed by atoms with van der Waals surface area (Å²) in [5.41, 5.74) is 1.11. The van der Waals surface area contributed by atoms with Crippen molar-refractivity contribution in [3.05, 3.63) is 66.0 Å². The number of nitrogens with zero attached hydrogens (tertiary/aromatic N) is 2. The average molecular weight is 270 g/mol. The molecule has 4 heteroatoms. The molecule has 0 N–H and O–H groups in total. The Kier molecular flexibility index (Phi) is 4.25. The molecule has 0 aliphatic carbocycles. The highest BCUT2D eigenvalue weighted by atomic mass is 19.1. The lowest BCUT2D eigenvalue weighted by molar-refractivity contribution is 0.105. The van der Waals surface area contributed by atoms with Crippen LogP contribution >= 0.6 is 0 Å². The number of carbonyl (C=O) groups excluding carboxylic acids is 1. The summed E-state index contributed by atoms with van der Waals surface area (Å²) in [6.07, 6.45) is 0. The van der Waals surface area contributed by atoms with Crippen molar-refractivity contribution in [2.75, 3.05) is 14.1 Å². The Bertz CT molecular complexity index is 619. The summed E-state index contributed by atoms with van der Waals surface area (Å²) in [5.74, 6) is -0.297. The van der Waals surface area contributed by atoms with Crippen molar-refractivity contribution >= 4 is 17.3 Å². The zero-order chi connectivity index (χ0) is 14.5. The third-order valence-corrected chi connectivity index (χ3v) is 2.72. The predicted octanol–water partition coefficient (Wildman–Crippen LogP) is 3.30. The van der Waals surface area contributed by atoms with E-state index in [9.17, 15) is 9.18 Å². The predicted molar refractivity (Wildman–Crippen MR) is 78.0 cm³/mol. The van der Waals surface area contributed by atoms with Crippen molar-refractivity contribution in [3.8, 4) is 0 Å². The van der Waals surface area contributed by atoms with Crippen LogP contribution in [0.5, 0.6) is 0 Å². The van der Waals surface area contributed by atoms with Crippen molar-refractivity contribution in [1.82, 2.24) is 4.90 Å². The van der Waals surface area contributed by atoms with E-state index < -0.39 is 0 Å². The van der Waals surface area contributed by atoms with Crippen LogP contribution in [0, 0.1) is 5.82 Å². The topological polar surface area (TPSA) is 32.7 Å². The highest BCUT2D eigenvalue weighted by Crippen LogP contribution is 2.13. The summed E-state index contributed by atoms with van der Waals surface area (Å²) in [6, 6.07) is 14.7. The van der Waals surface area contributed by atoms with Crippen molar-refractivity contribution in [1.29, 1.82) is 0 Å². The van der Waals surface area contributed by atoms with Crippen LogP contribution in [0.3, 0.4) is 0 Å². The van der Waals surface area contributed by atoms with Crippen LogP contribution in [0.1, 0.15) is 10.4 Å². The lowest BCUT2D eigenvalue weighted by Gasteiger charge is -2.14. The van der Waals surface area contributed by atoms with E-state index in [1.54, 1.807) is 19.0 Å². The first-order valence-electron chi connectivity index (χ1n) is 6.19. The second-order valence-electron chi connectivity index (χ2n) is 4.50. The summed E-state index contributed by atoms with van der Waals surface area (Å²) in [6.45, 7) is 0. The highest BCUT2D eigenvalue weighted by molar-refractivity contribution is 6.45. The molecule has 0 atom stereocenters. The fourth-order valence-electron chi connectivity index (χ4n) is 1.71. The van der Waals surface area contributed by atoms with Crippen LogP contribution in [0.15, 0.2) is 59.6 Å². The molecule has 0 aliphatic rings. The van der Waals surface area contributed by atoms with E-state index in [4.69, 9.17) is 0 Å². The molecule has 0 aliphatic heterocycles. The third-order valence-electron chi connectivity index (χ3n) is 2.72. The molecule has 0 heterocycles. The minimum Gasteiger partial charge on any atom is -0.359 e. The van der Waals surface area contributed by atoms with E-state index in [0.717, 1.165) is 0 Å². The number of benzene rings is 2. The number of Topliss-reactive ketones (excluding diaryl/α,β-unsaturated/α-hetero) is 1. The van der Waals surface area contributed by atoms with E-state index in [0.29, 0.717) is 17.1 Å². The molecule has 20 heavy (non-hydrogen) atoms. The summed E-state index contributed by atoms with van der Waals surface area (Å²) >= 11 is 0. The quantitative estimate of drug-likeness (QED) is 0.487. The van der Waals surface area contributed by atoms with Gasteiger partial charge in [0, 0.05) is 19.7 Å². The van der Waals surface area contributed by atoms with Crippen LogP contribution in [-0.4, -0.2) is 30.6 Å². The number of para-hydroxylation sites is 1. The van der Waals surface area contributed by atoms with E-state index in [1.807, 2.05) is 30.3 Å². The molecule has 0 saturated heterocycles. The van der Waals surface area contributed by atoms with Gasteiger partial charge in [0.05, 0.1) is 5.69 Å². The van der Waals surface area contributed by atoms with Gasteiger partial charge in [-0.2, -0.15) is 0 Å². The van der Waals surface area contributed by atoms with Gasteiger partial charge in [-0.15, -0.1) is 0 Å². The second kappa shape index (κ2) is 6.10. The largest absolute Gasteiger partial charge is 0.359 e. The van der Waals surface area contributed by atoms with Gasteiger partial charge < -0.3 is 4.90 Å². The monoisotopic (exact) mass is 270 g/mol. The summed E-state index contributed by atoms with van der Waals surface area (Å²) in [5, 5.41) is 0. The zero-order valence-corrected chi connectivity index (χ0v) is 11.4. The van der Waals surface area contributed by atoms with E-state index in [-0.39, 0.29) is 11.6 Å². The maximum Gasteiger partial charge on any atom is 0.228 e. The Hall–Kier alpha value is -2.49. The lowest BCUT2D eigenvalue weighted by atomic mass is 10.1. The summed E-state index contributed by atoms with van der Waals surface area (Å²) in [7, 11) is 3.51. The maximum absolute atomic E-state index is 12.9. The maximum atomic E-state index is 12.9. The number of hydrogen-bond donors (Lipinski definition) is 0. The van der Waals surface area contributed by atoms with Crippen molar-refractivity contribution in [3.63, 3.8) is 0 Å². The molecule has 0 aromatic heterocycles. The van der Waals surface area contributed by atoms with Crippen molar-refractivity contribution in [2.45, 2.75) is 0 Å². The minimum absolute atomic E-state index is 0.237. The van der Waals surface area contributed by atoms with Gasteiger partial charge in [-0.05, 0) is 36.4 Å². The molecule has 2 aromatic rings. The molecule has 0 unspecified atom stereocenters. The molecule has 0 spiro atoms. The second-order valence-corrected chi connectivity index (χ2v) is 4.50. The molecule has 0 fully saturated rings. The minimum atomic E-state index is -0.368. The van der Waals surface area contributed by atoms with E-state index in [1.165, 1.54) is 24.3 Å². The molecule has 2 rings (SSSR count). The van der Waals surface area contributed by atoms with Gasteiger partial charge in [-0.25, -0.2) is 9.38 Å². The number of ketones is 1. The van der Waals surface area contributed by atoms with E-state index in [2.05, 4.69) is 4.99 Å². The van der Waals surface area contributed by atoms with Gasteiger partial charge in [0.25, 0.3) is 0 Å². The molecular weight excluding hydrogens is 255 g/mol. The van der Waals surface area contributed by atoms with Gasteiger partial charge in [-0.1, -0.05) is 18.2 Å². The van der Waals surface area contributed by atoms with Gasteiger partial charge >= 0.3 is 0 Å². The third kappa shape index (κ3) is 3.29. The number of hydrogen-bond acceptors (Lipinski definition) is 2. The molecule has 2 aromatic carbocycles. The Morgan fingerprint density at radius 2 is 1.60 bits per heavy atom. The molecule has 0 radical (unpaired) electrons. The number of likely N-dealkylation sites (N-methyl/N-ethyl adjacent to an activating group) is 1. The first-order chi connectivity index (χ1) is 9.58. The first kappa shape index (κ1) is 13.9. The van der Waals surface area contributed by atoms with Crippen molar-refractivity contribution < 1.29 is 9.18 Å². The number of amidine groups is 1. The van der Waals surface area contributed by atoms with Gasteiger partial charge in [0.15, 0.2) is 5.84 Å². The van der Waals surface area contributed by atoms with Crippen LogP contribution in [0.4, 0.5) is 10.1 Å². The Labute approximate surface area is 117 Å². The smallest absolute Gasteiger partial charge is 0.228 e.